The van der Waals surface area contributed by atoms with Gasteiger partial charge in [-0.25, -0.2) is 0 Å². The molecule has 4 aliphatic rings. The first-order valence-electron chi connectivity index (χ1n) is 9.09. The Morgan fingerprint density at radius 1 is 1.14 bits per heavy atom. The van der Waals surface area contributed by atoms with Gasteiger partial charge in [0.2, 0.25) is 0 Å². The zero-order valence-electron chi connectivity index (χ0n) is 13.6. The van der Waals surface area contributed by atoms with Gasteiger partial charge < -0.3 is 14.6 Å². The van der Waals surface area contributed by atoms with Crippen molar-refractivity contribution in [2.45, 2.75) is 94.5 Å². The van der Waals surface area contributed by atoms with E-state index in [0.29, 0.717) is 6.10 Å². The third kappa shape index (κ3) is 2.69. The fourth-order valence-electron chi connectivity index (χ4n) is 4.94. The van der Waals surface area contributed by atoms with Crippen molar-refractivity contribution in [1.82, 2.24) is 0 Å². The van der Waals surface area contributed by atoms with Crippen molar-refractivity contribution in [3.8, 4) is 0 Å². The maximum Gasteiger partial charge on any atom is 0.306 e. The van der Waals surface area contributed by atoms with Crippen LogP contribution in [0.25, 0.3) is 0 Å². The molecule has 2 aliphatic heterocycles. The van der Waals surface area contributed by atoms with Gasteiger partial charge in [-0.05, 0) is 57.8 Å². The summed E-state index contributed by atoms with van der Waals surface area (Å²) in [6.07, 6.45) is 12.1. The maximum absolute atomic E-state index is 11.0. The molecule has 0 aromatic heterocycles. The topological polar surface area (TPSA) is 62.4 Å². The highest BCUT2D eigenvalue weighted by Gasteiger charge is 2.59. The smallest absolute Gasteiger partial charge is 0.306 e. The molecule has 2 saturated heterocycles. The number of unbranched alkanes of at least 4 members (excludes halogenated alkanes) is 1. The van der Waals surface area contributed by atoms with Crippen LogP contribution in [0.1, 0.15) is 71.1 Å². The van der Waals surface area contributed by atoms with Crippen LogP contribution in [-0.4, -0.2) is 34.5 Å². The molecular formula is C18H28O4. The summed E-state index contributed by atoms with van der Waals surface area (Å²) >= 11 is 0. The van der Waals surface area contributed by atoms with E-state index in [1.807, 2.05) is 0 Å². The van der Waals surface area contributed by atoms with Crippen molar-refractivity contribution in [2.75, 3.05) is 0 Å². The fourth-order valence-corrected chi connectivity index (χ4v) is 4.94. The lowest BCUT2D eigenvalue weighted by Gasteiger charge is -2.23. The molecule has 4 nitrogen and oxygen atoms in total. The normalized spacial score (nSPS) is 49.1. The molecule has 0 spiro atoms. The molecule has 22 heavy (non-hydrogen) atoms. The van der Waals surface area contributed by atoms with Crippen molar-refractivity contribution in [1.29, 1.82) is 0 Å². The van der Waals surface area contributed by atoms with E-state index in [0.717, 1.165) is 31.6 Å². The minimum atomic E-state index is -0.643. The first-order chi connectivity index (χ1) is 10.5. The number of aliphatic carboxylic acids is 1. The molecule has 0 aromatic carbocycles. The van der Waals surface area contributed by atoms with E-state index in [2.05, 4.69) is 6.92 Å². The van der Waals surface area contributed by atoms with Crippen molar-refractivity contribution in [3.05, 3.63) is 0 Å². The molecule has 0 bridgehead atoms. The molecule has 6 atom stereocenters. The monoisotopic (exact) mass is 308 g/mol. The molecular weight excluding hydrogens is 280 g/mol. The van der Waals surface area contributed by atoms with E-state index in [-0.39, 0.29) is 23.2 Å². The van der Waals surface area contributed by atoms with Gasteiger partial charge in [0, 0.05) is 0 Å². The van der Waals surface area contributed by atoms with Crippen LogP contribution < -0.4 is 0 Å². The van der Waals surface area contributed by atoms with Gasteiger partial charge in [0.1, 0.15) is 0 Å². The fraction of sp³-hybridized carbons (Fsp3) is 0.944. The van der Waals surface area contributed by atoms with E-state index in [9.17, 15) is 4.79 Å². The van der Waals surface area contributed by atoms with E-state index in [1.165, 1.54) is 38.5 Å². The van der Waals surface area contributed by atoms with Crippen molar-refractivity contribution >= 4 is 5.97 Å². The molecule has 0 aromatic rings. The molecule has 0 amide bonds. The van der Waals surface area contributed by atoms with Crippen molar-refractivity contribution in [2.24, 2.45) is 11.8 Å². The van der Waals surface area contributed by atoms with E-state index in [1.54, 1.807) is 0 Å². The van der Waals surface area contributed by atoms with Crippen LogP contribution in [0.4, 0.5) is 0 Å². The second kappa shape index (κ2) is 5.20. The SMILES string of the molecule is CC12CCC(CCCCC34CCC(C(=O)O)CC3O4)CC1O2. The van der Waals surface area contributed by atoms with Crippen molar-refractivity contribution in [3.63, 3.8) is 0 Å². The predicted molar refractivity (Wildman–Crippen MR) is 81.7 cm³/mol. The van der Waals surface area contributed by atoms with Crippen LogP contribution in [-0.2, 0) is 14.3 Å². The van der Waals surface area contributed by atoms with E-state index in [4.69, 9.17) is 14.6 Å². The van der Waals surface area contributed by atoms with Gasteiger partial charge in [-0.3, -0.25) is 4.79 Å². The molecule has 2 heterocycles. The Bertz CT molecular complexity index is 464. The van der Waals surface area contributed by atoms with Crippen LogP contribution in [0, 0.1) is 11.8 Å². The first-order valence-corrected chi connectivity index (χ1v) is 9.09. The second-order valence-electron chi connectivity index (χ2n) is 8.29. The second-order valence-corrected chi connectivity index (χ2v) is 8.29. The lowest BCUT2D eigenvalue weighted by molar-refractivity contribution is -0.142. The first kappa shape index (κ1) is 14.9. The summed E-state index contributed by atoms with van der Waals surface area (Å²) in [6.45, 7) is 2.26. The molecule has 2 saturated carbocycles. The number of rotatable bonds is 6. The van der Waals surface area contributed by atoms with Gasteiger partial charge in [-0.2, -0.15) is 0 Å². The minimum absolute atomic E-state index is 0.0662. The van der Waals surface area contributed by atoms with Gasteiger partial charge in [-0.15, -0.1) is 0 Å². The Hall–Kier alpha value is -0.610. The summed E-state index contributed by atoms with van der Waals surface area (Å²) in [5.74, 6) is 0.0446. The van der Waals surface area contributed by atoms with Gasteiger partial charge in [0.05, 0.1) is 29.3 Å². The third-order valence-corrected chi connectivity index (χ3v) is 6.76. The number of carbonyl (C=O) groups is 1. The highest BCUT2D eigenvalue weighted by atomic mass is 16.6. The highest BCUT2D eigenvalue weighted by molar-refractivity contribution is 5.70. The molecule has 124 valence electrons. The Labute approximate surface area is 132 Å². The summed E-state index contributed by atoms with van der Waals surface area (Å²) in [7, 11) is 0. The van der Waals surface area contributed by atoms with Gasteiger partial charge in [0.15, 0.2) is 0 Å². The van der Waals surface area contributed by atoms with Crippen LogP contribution in [0.15, 0.2) is 0 Å². The maximum atomic E-state index is 11.0. The summed E-state index contributed by atoms with van der Waals surface area (Å²) in [5.41, 5.74) is 0.310. The number of carboxylic acid groups (broad SMARTS) is 1. The zero-order valence-corrected chi connectivity index (χ0v) is 13.6. The summed E-state index contributed by atoms with van der Waals surface area (Å²) in [4.78, 5) is 11.0. The van der Waals surface area contributed by atoms with Crippen LogP contribution in [0.2, 0.25) is 0 Å². The van der Waals surface area contributed by atoms with E-state index >= 15 is 0 Å². The lowest BCUT2D eigenvalue weighted by Crippen LogP contribution is -2.28. The number of carboxylic acids is 1. The highest BCUT2D eigenvalue weighted by Crippen LogP contribution is 2.53. The van der Waals surface area contributed by atoms with Gasteiger partial charge >= 0.3 is 5.97 Å². The van der Waals surface area contributed by atoms with Crippen LogP contribution in [0.5, 0.6) is 0 Å². The Balaban J connectivity index is 1.14. The molecule has 4 heteroatoms. The Morgan fingerprint density at radius 2 is 2.00 bits per heavy atom. The van der Waals surface area contributed by atoms with Crippen LogP contribution >= 0.6 is 0 Å². The molecule has 1 N–H and O–H groups in total. The number of epoxide rings is 2. The van der Waals surface area contributed by atoms with E-state index < -0.39 is 5.97 Å². The number of hydrogen-bond acceptors (Lipinski definition) is 3. The largest absolute Gasteiger partial charge is 0.481 e. The summed E-state index contributed by atoms with van der Waals surface area (Å²) in [5, 5.41) is 9.09. The molecule has 6 unspecified atom stereocenters. The zero-order chi connectivity index (χ0) is 15.4. The van der Waals surface area contributed by atoms with Gasteiger partial charge in [0.25, 0.3) is 0 Å². The van der Waals surface area contributed by atoms with Crippen molar-refractivity contribution < 1.29 is 19.4 Å². The number of ether oxygens (including phenoxy) is 2. The minimum Gasteiger partial charge on any atom is -0.481 e. The third-order valence-electron chi connectivity index (χ3n) is 6.76. The van der Waals surface area contributed by atoms with Gasteiger partial charge in [-0.1, -0.05) is 19.3 Å². The standard InChI is InChI=1S/C18H28O4/c1-17-8-5-12(10-14(17)21-17)4-2-3-7-18-9-6-13(16(19)20)11-15(18)22-18/h12-15H,2-11H2,1H3,(H,19,20). The predicted octanol–water partition coefficient (Wildman–Crippen LogP) is 3.53. The summed E-state index contributed by atoms with van der Waals surface area (Å²) in [6, 6.07) is 0. The Kier molecular flexibility index (Phi) is 3.53. The molecule has 4 rings (SSSR count). The number of fused-ring (bicyclic) bond motifs is 2. The quantitative estimate of drug-likeness (QED) is 0.602. The number of hydrogen-bond donors (Lipinski definition) is 1. The van der Waals surface area contributed by atoms with Crippen LogP contribution in [0.3, 0.4) is 0 Å². The average molecular weight is 308 g/mol. The average Bonchev–Trinajstić information content (AvgIpc) is 3.35. The lowest BCUT2D eigenvalue weighted by atomic mass is 9.78. The summed E-state index contributed by atoms with van der Waals surface area (Å²) < 4.78 is 11.7. The molecule has 2 aliphatic carbocycles. The molecule has 4 fully saturated rings. The molecule has 0 radical (unpaired) electrons. The Morgan fingerprint density at radius 3 is 2.73 bits per heavy atom.